The summed E-state index contributed by atoms with van der Waals surface area (Å²) in [6, 6.07) is 6.73. The van der Waals surface area contributed by atoms with Gasteiger partial charge in [0.15, 0.2) is 5.75 Å². The maximum absolute atomic E-state index is 12.3. The van der Waals surface area contributed by atoms with E-state index in [-0.39, 0.29) is 25.0 Å². The van der Waals surface area contributed by atoms with Crippen LogP contribution in [-0.2, 0) is 0 Å². The van der Waals surface area contributed by atoms with Crippen LogP contribution >= 0.6 is 23.2 Å². The van der Waals surface area contributed by atoms with Gasteiger partial charge in [0, 0.05) is 0 Å². The van der Waals surface area contributed by atoms with E-state index in [0.717, 1.165) is 4.90 Å². The van der Waals surface area contributed by atoms with Gasteiger partial charge in [0.05, 0.1) is 29.1 Å². The van der Waals surface area contributed by atoms with E-state index in [2.05, 4.69) is 4.98 Å². The SMILES string of the molecule is Cc1nc(C)c(Cl)c(OCCN2C(=O)c3ccccc3C2=O)c1Cl. The van der Waals surface area contributed by atoms with Gasteiger partial charge in [-0.15, -0.1) is 0 Å². The number of aromatic nitrogens is 1. The number of imide groups is 1. The van der Waals surface area contributed by atoms with Crippen LogP contribution in [0.4, 0.5) is 0 Å². The van der Waals surface area contributed by atoms with Crippen molar-refractivity contribution in [3.63, 3.8) is 0 Å². The van der Waals surface area contributed by atoms with Crippen LogP contribution in [0, 0.1) is 13.8 Å². The molecule has 7 heteroatoms. The van der Waals surface area contributed by atoms with Crippen molar-refractivity contribution in [2.75, 3.05) is 13.2 Å². The minimum Gasteiger partial charge on any atom is -0.488 e. The molecule has 2 aromatic rings. The number of aryl methyl sites for hydroxylation is 2. The highest BCUT2D eigenvalue weighted by molar-refractivity contribution is 6.37. The van der Waals surface area contributed by atoms with Crippen LogP contribution in [0.1, 0.15) is 32.1 Å². The molecule has 0 atom stereocenters. The number of hydrogen-bond acceptors (Lipinski definition) is 4. The highest BCUT2D eigenvalue weighted by Crippen LogP contribution is 2.36. The first-order valence-electron chi connectivity index (χ1n) is 7.32. The summed E-state index contributed by atoms with van der Waals surface area (Å²) in [4.78, 5) is 29.9. The van der Waals surface area contributed by atoms with Crippen molar-refractivity contribution in [1.82, 2.24) is 9.88 Å². The fraction of sp³-hybridized carbons (Fsp3) is 0.235. The van der Waals surface area contributed by atoms with E-state index in [0.29, 0.717) is 38.3 Å². The number of halogens is 2. The molecule has 0 saturated carbocycles. The summed E-state index contributed by atoms with van der Waals surface area (Å²) in [5, 5.41) is 0.654. The summed E-state index contributed by atoms with van der Waals surface area (Å²) in [7, 11) is 0. The number of nitrogens with zero attached hydrogens (tertiary/aromatic N) is 2. The molecule has 0 saturated heterocycles. The van der Waals surface area contributed by atoms with Gasteiger partial charge in [0.25, 0.3) is 11.8 Å². The van der Waals surface area contributed by atoms with Crippen molar-refractivity contribution in [3.05, 3.63) is 56.8 Å². The fourth-order valence-electron chi connectivity index (χ4n) is 2.58. The standard InChI is InChI=1S/C17H14Cl2N2O3/c1-9-13(18)15(14(19)10(2)20-9)24-8-7-21-16(22)11-5-3-4-6-12(11)17(21)23/h3-6H,7-8H2,1-2H3. The summed E-state index contributed by atoms with van der Waals surface area (Å²) in [5.74, 6) is -0.322. The number of pyridine rings is 1. The molecule has 1 aromatic heterocycles. The Kier molecular flexibility index (Phi) is 4.47. The molecule has 0 unspecified atom stereocenters. The second-order valence-electron chi connectivity index (χ2n) is 5.40. The molecule has 0 bridgehead atoms. The fourth-order valence-corrected chi connectivity index (χ4v) is 3.01. The topological polar surface area (TPSA) is 59.5 Å². The normalized spacial score (nSPS) is 13.4. The summed E-state index contributed by atoms with van der Waals surface area (Å²) in [5.41, 5.74) is 2.03. The lowest BCUT2D eigenvalue weighted by atomic mass is 10.1. The Balaban J connectivity index is 1.73. The van der Waals surface area contributed by atoms with Crippen molar-refractivity contribution in [2.45, 2.75) is 13.8 Å². The van der Waals surface area contributed by atoms with Gasteiger partial charge >= 0.3 is 0 Å². The van der Waals surface area contributed by atoms with Crippen molar-refractivity contribution in [1.29, 1.82) is 0 Å². The van der Waals surface area contributed by atoms with Gasteiger partial charge in [-0.3, -0.25) is 19.5 Å². The number of carbonyl (C=O) groups is 2. The average molecular weight is 365 g/mol. The first-order chi connectivity index (χ1) is 11.4. The summed E-state index contributed by atoms with van der Waals surface area (Å²) >= 11 is 12.4. The Bertz CT molecular complexity index is 791. The Morgan fingerprint density at radius 1 is 1.00 bits per heavy atom. The zero-order valence-corrected chi connectivity index (χ0v) is 14.6. The molecule has 1 aromatic carbocycles. The molecule has 3 rings (SSSR count). The highest BCUT2D eigenvalue weighted by atomic mass is 35.5. The first-order valence-corrected chi connectivity index (χ1v) is 8.07. The predicted octanol–water partition coefficient (Wildman–Crippen LogP) is 3.68. The lowest BCUT2D eigenvalue weighted by Gasteiger charge is -2.16. The van der Waals surface area contributed by atoms with Gasteiger partial charge in [-0.25, -0.2) is 0 Å². The van der Waals surface area contributed by atoms with Crippen LogP contribution in [0.2, 0.25) is 10.0 Å². The van der Waals surface area contributed by atoms with Crippen molar-refractivity contribution in [3.8, 4) is 5.75 Å². The van der Waals surface area contributed by atoms with Crippen LogP contribution in [0.25, 0.3) is 0 Å². The van der Waals surface area contributed by atoms with Crippen LogP contribution in [0.15, 0.2) is 24.3 Å². The molecule has 2 amide bonds. The van der Waals surface area contributed by atoms with Crippen LogP contribution in [0.5, 0.6) is 5.75 Å². The molecule has 0 radical (unpaired) electrons. The van der Waals surface area contributed by atoms with Gasteiger partial charge < -0.3 is 4.74 Å². The molecule has 0 fully saturated rings. The van der Waals surface area contributed by atoms with Crippen LogP contribution < -0.4 is 4.74 Å². The molecule has 0 spiro atoms. The van der Waals surface area contributed by atoms with E-state index < -0.39 is 0 Å². The molecule has 5 nitrogen and oxygen atoms in total. The zero-order valence-electron chi connectivity index (χ0n) is 13.1. The quantitative estimate of drug-likeness (QED) is 0.776. The third-order valence-electron chi connectivity index (χ3n) is 3.81. The molecule has 2 heterocycles. The summed E-state index contributed by atoms with van der Waals surface area (Å²) < 4.78 is 5.64. The number of amides is 2. The molecule has 124 valence electrons. The van der Waals surface area contributed by atoms with E-state index in [1.54, 1.807) is 38.1 Å². The number of carbonyl (C=O) groups excluding carboxylic acids is 2. The molecule has 0 aliphatic carbocycles. The summed E-state index contributed by atoms with van der Waals surface area (Å²) in [6.45, 7) is 3.71. The average Bonchev–Trinajstić information content (AvgIpc) is 2.81. The maximum Gasteiger partial charge on any atom is 0.261 e. The lowest BCUT2D eigenvalue weighted by molar-refractivity contribution is 0.0631. The third kappa shape index (κ3) is 2.74. The van der Waals surface area contributed by atoms with E-state index in [1.807, 2.05) is 0 Å². The smallest absolute Gasteiger partial charge is 0.261 e. The molecule has 1 aliphatic rings. The maximum atomic E-state index is 12.3. The molecular weight excluding hydrogens is 351 g/mol. The highest BCUT2D eigenvalue weighted by Gasteiger charge is 2.34. The van der Waals surface area contributed by atoms with Crippen molar-refractivity contribution < 1.29 is 14.3 Å². The van der Waals surface area contributed by atoms with E-state index >= 15 is 0 Å². The van der Waals surface area contributed by atoms with Gasteiger partial charge in [0.1, 0.15) is 16.7 Å². The Labute approximate surface area is 149 Å². The molecular formula is C17H14Cl2N2O3. The van der Waals surface area contributed by atoms with Crippen LogP contribution in [-0.4, -0.2) is 34.8 Å². The molecule has 0 N–H and O–H groups in total. The monoisotopic (exact) mass is 364 g/mol. The Hall–Kier alpha value is -2.11. The Morgan fingerprint density at radius 3 is 2.00 bits per heavy atom. The van der Waals surface area contributed by atoms with Crippen molar-refractivity contribution >= 4 is 35.0 Å². The number of rotatable bonds is 4. The van der Waals surface area contributed by atoms with Gasteiger partial charge in [0.2, 0.25) is 0 Å². The summed E-state index contributed by atoms with van der Waals surface area (Å²) in [6.07, 6.45) is 0. The number of ether oxygens (including phenoxy) is 1. The minimum atomic E-state index is -0.321. The van der Waals surface area contributed by atoms with E-state index in [1.165, 1.54) is 0 Å². The largest absolute Gasteiger partial charge is 0.488 e. The van der Waals surface area contributed by atoms with Crippen molar-refractivity contribution in [2.24, 2.45) is 0 Å². The minimum absolute atomic E-state index is 0.0911. The second kappa shape index (κ2) is 6.42. The number of benzene rings is 1. The molecule has 24 heavy (non-hydrogen) atoms. The number of fused-ring (bicyclic) bond motifs is 1. The third-order valence-corrected chi connectivity index (χ3v) is 4.70. The number of hydrogen-bond donors (Lipinski definition) is 0. The predicted molar refractivity (Wildman–Crippen MR) is 91.0 cm³/mol. The zero-order chi connectivity index (χ0) is 17.4. The Morgan fingerprint density at radius 2 is 1.50 bits per heavy atom. The van der Waals surface area contributed by atoms with Gasteiger partial charge in [-0.1, -0.05) is 35.3 Å². The van der Waals surface area contributed by atoms with Gasteiger partial charge in [-0.2, -0.15) is 0 Å². The van der Waals surface area contributed by atoms with Crippen LogP contribution in [0.3, 0.4) is 0 Å². The van der Waals surface area contributed by atoms with Gasteiger partial charge in [-0.05, 0) is 26.0 Å². The van der Waals surface area contributed by atoms with E-state index in [4.69, 9.17) is 27.9 Å². The first kappa shape index (κ1) is 16.7. The second-order valence-corrected chi connectivity index (χ2v) is 6.15. The molecule has 1 aliphatic heterocycles. The lowest BCUT2D eigenvalue weighted by Crippen LogP contribution is -2.33. The van der Waals surface area contributed by atoms with E-state index in [9.17, 15) is 9.59 Å².